The van der Waals surface area contributed by atoms with Crippen molar-refractivity contribution in [1.82, 2.24) is 14.8 Å². The first kappa shape index (κ1) is 17.9. The molecule has 1 aromatic carbocycles. The molecular formula is C20H27N3O2S. The Balaban J connectivity index is 1.27. The van der Waals surface area contributed by atoms with E-state index in [1.807, 2.05) is 30.0 Å². The number of thiazole rings is 1. The van der Waals surface area contributed by atoms with Crippen LogP contribution in [0.4, 0.5) is 0 Å². The molecule has 1 aromatic heterocycles. The zero-order valence-corrected chi connectivity index (χ0v) is 16.4. The van der Waals surface area contributed by atoms with Gasteiger partial charge in [-0.15, -0.1) is 11.3 Å². The van der Waals surface area contributed by atoms with Crippen LogP contribution in [0.3, 0.4) is 0 Å². The molecule has 2 aliphatic heterocycles. The normalized spacial score (nSPS) is 22.2. The molecule has 3 heterocycles. The third-order valence-corrected chi connectivity index (χ3v) is 6.78. The van der Waals surface area contributed by atoms with Gasteiger partial charge in [-0.25, -0.2) is 4.98 Å². The van der Waals surface area contributed by atoms with Gasteiger partial charge in [-0.1, -0.05) is 12.1 Å². The van der Waals surface area contributed by atoms with Gasteiger partial charge in [-0.05, 0) is 32.5 Å². The van der Waals surface area contributed by atoms with Crippen molar-refractivity contribution < 1.29 is 9.53 Å². The van der Waals surface area contributed by atoms with E-state index in [9.17, 15) is 4.79 Å². The number of carbonyl (C=O) groups excluding carboxylic acids is 1. The van der Waals surface area contributed by atoms with Crippen LogP contribution in [0.1, 0.15) is 24.8 Å². The summed E-state index contributed by atoms with van der Waals surface area (Å²) in [7, 11) is 2.18. The first-order valence-electron chi connectivity index (χ1n) is 9.49. The van der Waals surface area contributed by atoms with E-state index in [2.05, 4.69) is 23.0 Å². The van der Waals surface area contributed by atoms with E-state index in [0.29, 0.717) is 17.9 Å². The Labute approximate surface area is 159 Å². The number of aromatic nitrogens is 1. The number of carbonyl (C=O) groups is 1. The van der Waals surface area contributed by atoms with Crippen molar-refractivity contribution in [2.24, 2.45) is 5.41 Å². The minimum absolute atomic E-state index is 0.269. The predicted octanol–water partition coefficient (Wildman–Crippen LogP) is 2.80. The van der Waals surface area contributed by atoms with Crippen LogP contribution in [0, 0.1) is 5.41 Å². The highest BCUT2D eigenvalue weighted by Crippen LogP contribution is 2.42. The molecule has 1 atom stereocenters. The molecule has 1 unspecified atom stereocenters. The van der Waals surface area contributed by atoms with Crippen LogP contribution in [0.15, 0.2) is 24.3 Å². The third-order valence-electron chi connectivity index (χ3n) is 5.69. The number of rotatable bonds is 6. The predicted molar refractivity (Wildman–Crippen MR) is 104 cm³/mol. The van der Waals surface area contributed by atoms with Crippen molar-refractivity contribution in [2.45, 2.75) is 32.2 Å². The van der Waals surface area contributed by atoms with E-state index < -0.39 is 0 Å². The molecule has 0 saturated carbocycles. The first-order valence-corrected chi connectivity index (χ1v) is 10.3. The highest BCUT2D eigenvalue weighted by Gasteiger charge is 2.51. The number of amides is 1. The molecule has 2 aromatic rings. The van der Waals surface area contributed by atoms with Crippen LogP contribution in [-0.2, 0) is 16.0 Å². The van der Waals surface area contributed by atoms with Crippen molar-refractivity contribution in [3.8, 4) is 0 Å². The summed E-state index contributed by atoms with van der Waals surface area (Å²) in [5.74, 6) is 0.269. The number of nitrogens with zero attached hydrogens (tertiary/aromatic N) is 3. The SMILES string of the molecule is CCOCC1CC2(CN(C(=O)CCc3nc4ccccc4s3)C2)CN1C. The zero-order valence-electron chi connectivity index (χ0n) is 15.6. The van der Waals surface area contributed by atoms with Crippen LogP contribution in [0.2, 0.25) is 0 Å². The lowest BCUT2D eigenvalue weighted by atomic mass is 9.77. The first-order chi connectivity index (χ1) is 12.6. The van der Waals surface area contributed by atoms with Gasteiger partial charge < -0.3 is 14.5 Å². The van der Waals surface area contributed by atoms with Crippen molar-refractivity contribution in [3.05, 3.63) is 29.3 Å². The Morgan fingerprint density at radius 3 is 2.92 bits per heavy atom. The molecule has 2 aliphatic rings. The number of ether oxygens (including phenoxy) is 1. The van der Waals surface area contributed by atoms with Gasteiger partial charge in [0.05, 0.1) is 21.8 Å². The number of aryl methyl sites for hydroxylation is 1. The molecule has 2 saturated heterocycles. The summed E-state index contributed by atoms with van der Waals surface area (Å²) in [4.78, 5) is 21.6. The summed E-state index contributed by atoms with van der Waals surface area (Å²) in [6.45, 7) is 6.50. The number of fused-ring (bicyclic) bond motifs is 1. The molecule has 0 N–H and O–H groups in total. The summed E-state index contributed by atoms with van der Waals surface area (Å²) >= 11 is 1.70. The van der Waals surface area contributed by atoms with Crippen LogP contribution >= 0.6 is 11.3 Å². The molecule has 1 spiro atoms. The van der Waals surface area contributed by atoms with E-state index in [-0.39, 0.29) is 5.91 Å². The van der Waals surface area contributed by atoms with Gasteiger partial charge in [0.25, 0.3) is 0 Å². The van der Waals surface area contributed by atoms with Crippen molar-refractivity contribution in [3.63, 3.8) is 0 Å². The van der Waals surface area contributed by atoms with Crippen molar-refractivity contribution in [2.75, 3.05) is 39.9 Å². The molecule has 26 heavy (non-hydrogen) atoms. The summed E-state index contributed by atoms with van der Waals surface area (Å²) in [5.41, 5.74) is 1.33. The maximum atomic E-state index is 12.6. The fraction of sp³-hybridized carbons (Fsp3) is 0.600. The molecule has 0 bridgehead atoms. The molecular weight excluding hydrogens is 346 g/mol. The average molecular weight is 374 g/mol. The average Bonchev–Trinajstić information content (AvgIpc) is 3.17. The van der Waals surface area contributed by atoms with E-state index in [4.69, 9.17) is 4.74 Å². The minimum Gasteiger partial charge on any atom is -0.380 e. The monoisotopic (exact) mass is 373 g/mol. The maximum absolute atomic E-state index is 12.6. The summed E-state index contributed by atoms with van der Waals surface area (Å²) in [6, 6.07) is 8.66. The Kier molecular flexibility index (Phi) is 4.99. The van der Waals surface area contributed by atoms with Gasteiger partial charge >= 0.3 is 0 Å². The largest absolute Gasteiger partial charge is 0.380 e. The molecule has 140 valence electrons. The van der Waals surface area contributed by atoms with Gasteiger partial charge in [-0.2, -0.15) is 0 Å². The Bertz CT molecular complexity index is 751. The van der Waals surface area contributed by atoms with Gasteiger partial charge in [0.2, 0.25) is 5.91 Å². The van der Waals surface area contributed by atoms with Crippen LogP contribution in [0.25, 0.3) is 10.2 Å². The number of benzene rings is 1. The molecule has 0 aliphatic carbocycles. The number of para-hydroxylation sites is 1. The fourth-order valence-corrected chi connectivity index (χ4v) is 5.35. The standard InChI is InChI=1S/C20H27N3O2S/c1-3-25-11-15-10-20(12-22(15)2)13-23(14-20)19(24)9-8-18-21-16-6-4-5-7-17(16)26-18/h4-7,15H,3,8-14H2,1-2H3. The Morgan fingerprint density at radius 1 is 1.35 bits per heavy atom. The Morgan fingerprint density at radius 2 is 2.15 bits per heavy atom. The fourth-order valence-electron chi connectivity index (χ4n) is 4.39. The molecule has 0 radical (unpaired) electrons. The number of hydrogen-bond donors (Lipinski definition) is 0. The van der Waals surface area contributed by atoms with E-state index in [1.165, 1.54) is 4.70 Å². The lowest BCUT2D eigenvalue weighted by molar-refractivity contribution is -0.142. The third kappa shape index (κ3) is 3.50. The number of hydrogen-bond acceptors (Lipinski definition) is 5. The number of likely N-dealkylation sites (tertiary alicyclic amines) is 2. The molecule has 4 rings (SSSR count). The summed E-state index contributed by atoms with van der Waals surface area (Å²) in [5, 5.41) is 1.06. The zero-order chi connectivity index (χ0) is 18.1. The van der Waals surface area contributed by atoms with Crippen molar-refractivity contribution in [1.29, 1.82) is 0 Å². The van der Waals surface area contributed by atoms with Gasteiger partial charge in [0, 0.05) is 50.5 Å². The van der Waals surface area contributed by atoms with Gasteiger partial charge in [-0.3, -0.25) is 4.79 Å². The highest BCUT2D eigenvalue weighted by molar-refractivity contribution is 7.18. The molecule has 1 amide bonds. The quantitative estimate of drug-likeness (QED) is 0.781. The van der Waals surface area contributed by atoms with Gasteiger partial charge in [0.15, 0.2) is 0 Å². The topological polar surface area (TPSA) is 45.7 Å². The second kappa shape index (κ2) is 7.25. The summed E-state index contributed by atoms with van der Waals surface area (Å²) in [6.07, 6.45) is 2.45. The van der Waals surface area contributed by atoms with Gasteiger partial charge in [0.1, 0.15) is 0 Å². The Hall–Kier alpha value is -1.50. The number of likely N-dealkylation sites (N-methyl/N-ethyl adjacent to an activating group) is 1. The van der Waals surface area contributed by atoms with E-state index in [1.54, 1.807) is 11.3 Å². The van der Waals surface area contributed by atoms with Crippen LogP contribution < -0.4 is 0 Å². The molecule has 2 fully saturated rings. The van der Waals surface area contributed by atoms with Crippen LogP contribution in [-0.4, -0.2) is 66.6 Å². The second-order valence-electron chi connectivity index (χ2n) is 7.76. The summed E-state index contributed by atoms with van der Waals surface area (Å²) < 4.78 is 6.81. The lowest BCUT2D eigenvalue weighted by Crippen LogP contribution is -2.59. The maximum Gasteiger partial charge on any atom is 0.223 e. The van der Waals surface area contributed by atoms with Crippen molar-refractivity contribution >= 4 is 27.5 Å². The van der Waals surface area contributed by atoms with E-state index >= 15 is 0 Å². The van der Waals surface area contributed by atoms with Crippen LogP contribution in [0.5, 0.6) is 0 Å². The highest BCUT2D eigenvalue weighted by atomic mass is 32.1. The molecule has 6 heteroatoms. The second-order valence-corrected chi connectivity index (χ2v) is 8.87. The smallest absolute Gasteiger partial charge is 0.223 e. The van der Waals surface area contributed by atoms with E-state index in [0.717, 1.165) is 56.2 Å². The minimum atomic E-state index is 0.269. The molecule has 5 nitrogen and oxygen atoms in total. The lowest BCUT2D eigenvalue weighted by Gasteiger charge is -2.48.